The van der Waals surface area contributed by atoms with E-state index in [0.29, 0.717) is 22.2 Å². The SMILES string of the molecule is CC(C)CCC[C@@H](C)[C@H]1CC[C@@]2(C)C3CC[C@H]4C(C)(C)CCC(O)[C@]4(C)C3CC[C@]12C. The van der Waals surface area contributed by atoms with Gasteiger partial charge in [-0.1, -0.05) is 74.7 Å². The van der Waals surface area contributed by atoms with Gasteiger partial charge in [0, 0.05) is 0 Å². The topological polar surface area (TPSA) is 20.2 Å². The summed E-state index contributed by atoms with van der Waals surface area (Å²) in [6, 6.07) is 0. The van der Waals surface area contributed by atoms with Crippen LogP contribution in [0, 0.1) is 57.2 Å². The Labute approximate surface area is 194 Å². The number of fused-ring (bicyclic) bond motifs is 5. The summed E-state index contributed by atoms with van der Waals surface area (Å²) in [7, 11) is 0. The molecule has 1 nitrogen and oxygen atoms in total. The lowest BCUT2D eigenvalue weighted by Gasteiger charge is -2.68. The van der Waals surface area contributed by atoms with Gasteiger partial charge in [-0.05, 0) is 109 Å². The van der Waals surface area contributed by atoms with Gasteiger partial charge in [0.25, 0.3) is 0 Å². The maximum atomic E-state index is 11.4. The average molecular weight is 431 g/mol. The summed E-state index contributed by atoms with van der Waals surface area (Å²) < 4.78 is 0. The van der Waals surface area contributed by atoms with Gasteiger partial charge < -0.3 is 5.11 Å². The Morgan fingerprint density at radius 1 is 0.742 bits per heavy atom. The first-order valence-electron chi connectivity index (χ1n) is 14.1. The first kappa shape index (κ1) is 24.1. The van der Waals surface area contributed by atoms with Crippen LogP contribution in [0.25, 0.3) is 0 Å². The molecule has 3 unspecified atom stereocenters. The van der Waals surface area contributed by atoms with Crippen LogP contribution in [-0.2, 0) is 0 Å². The maximum Gasteiger partial charge on any atom is 0.0599 e. The lowest BCUT2D eigenvalue weighted by Crippen LogP contribution is -2.63. The molecule has 1 heteroatoms. The number of hydrogen-bond donors (Lipinski definition) is 1. The molecule has 0 aromatic rings. The minimum Gasteiger partial charge on any atom is -0.393 e. The summed E-state index contributed by atoms with van der Waals surface area (Å²) in [5, 5.41) is 11.4. The van der Waals surface area contributed by atoms with Crippen molar-refractivity contribution in [2.24, 2.45) is 57.2 Å². The summed E-state index contributed by atoms with van der Waals surface area (Å²) >= 11 is 0. The van der Waals surface area contributed by atoms with Crippen LogP contribution in [0.2, 0.25) is 0 Å². The Bertz CT molecular complexity index is 651. The van der Waals surface area contributed by atoms with E-state index in [-0.39, 0.29) is 11.5 Å². The largest absolute Gasteiger partial charge is 0.393 e. The Balaban J connectivity index is 1.58. The Kier molecular flexibility index (Phi) is 6.24. The number of aliphatic hydroxyl groups is 1. The van der Waals surface area contributed by atoms with Gasteiger partial charge in [0.2, 0.25) is 0 Å². The van der Waals surface area contributed by atoms with Crippen LogP contribution in [0.3, 0.4) is 0 Å². The zero-order chi connectivity index (χ0) is 22.8. The van der Waals surface area contributed by atoms with E-state index in [4.69, 9.17) is 0 Å². The second-order valence-electron chi connectivity index (χ2n) is 14.6. The molecule has 0 bridgehead atoms. The minimum absolute atomic E-state index is 0.0848. The Morgan fingerprint density at radius 2 is 1.42 bits per heavy atom. The van der Waals surface area contributed by atoms with E-state index in [0.717, 1.165) is 36.0 Å². The molecular formula is C30H54O. The number of hydrogen-bond acceptors (Lipinski definition) is 1. The van der Waals surface area contributed by atoms with Crippen molar-refractivity contribution in [3.63, 3.8) is 0 Å². The predicted octanol–water partition coefficient (Wildman–Crippen LogP) is 8.49. The van der Waals surface area contributed by atoms with Crippen molar-refractivity contribution in [1.29, 1.82) is 0 Å². The fourth-order valence-corrected chi connectivity index (χ4v) is 10.5. The second kappa shape index (κ2) is 8.02. The van der Waals surface area contributed by atoms with E-state index in [2.05, 4.69) is 55.4 Å². The first-order valence-corrected chi connectivity index (χ1v) is 14.1. The highest BCUT2D eigenvalue weighted by atomic mass is 16.3. The zero-order valence-electron chi connectivity index (χ0n) is 22.3. The third-order valence-electron chi connectivity index (χ3n) is 12.5. The molecule has 4 aliphatic rings. The van der Waals surface area contributed by atoms with Crippen molar-refractivity contribution < 1.29 is 5.11 Å². The highest BCUT2D eigenvalue weighted by molar-refractivity contribution is 5.17. The minimum atomic E-state index is -0.0848. The van der Waals surface area contributed by atoms with E-state index in [1.54, 1.807) is 0 Å². The van der Waals surface area contributed by atoms with Gasteiger partial charge >= 0.3 is 0 Å². The van der Waals surface area contributed by atoms with Crippen LogP contribution >= 0.6 is 0 Å². The first-order chi connectivity index (χ1) is 14.4. The fraction of sp³-hybridized carbons (Fsp3) is 1.00. The molecule has 9 atom stereocenters. The van der Waals surface area contributed by atoms with Crippen LogP contribution in [-0.4, -0.2) is 11.2 Å². The number of rotatable bonds is 5. The second-order valence-corrected chi connectivity index (χ2v) is 14.6. The lowest BCUT2D eigenvalue weighted by molar-refractivity contribution is -0.216. The number of aliphatic hydroxyl groups excluding tert-OH is 1. The van der Waals surface area contributed by atoms with Crippen molar-refractivity contribution in [3.8, 4) is 0 Å². The summed E-state index contributed by atoms with van der Waals surface area (Å²) in [5.74, 6) is 4.87. The van der Waals surface area contributed by atoms with Crippen molar-refractivity contribution in [3.05, 3.63) is 0 Å². The molecule has 0 radical (unpaired) electrons. The van der Waals surface area contributed by atoms with E-state index >= 15 is 0 Å². The summed E-state index contributed by atoms with van der Waals surface area (Å²) in [6.07, 6.45) is 14.8. The normalized spacial score (nSPS) is 49.9. The van der Waals surface area contributed by atoms with Gasteiger partial charge in [-0.25, -0.2) is 0 Å². The smallest absolute Gasteiger partial charge is 0.0599 e. The molecule has 0 spiro atoms. The van der Waals surface area contributed by atoms with E-state index in [1.165, 1.54) is 64.2 Å². The van der Waals surface area contributed by atoms with E-state index < -0.39 is 0 Å². The third-order valence-corrected chi connectivity index (χ3v) is 12.5. The van der Waals surface area contributed by atoms with Gasteiger partial charge in [-0.15, -0.1) is 0 Å². The van der Waals surface area contributed by atoms with Gasteiger partial charge in [0.1, 0.15) is 0 Å². The van der Waals surface area contributed by atoms with Gasteiger partial charge in [0.15, 0.2) is 0 Å². The molecule has 31 heavy (non-hydrogen) atoms. The van der Waals surface area contributed by atoms with Gasteiger partial charge in [-0.2, -0.15) is 0 Å². The van der Waals surface area contributed by atoms with Crippen LogP contribution in [0.15, 0.2) is 0 Å². The average Bonchev–Trinajstić information content (AvgIpc) is 2.96. The Hall–Kier alpha value is -0.0400. The lowest BCUT2D eigenvalue weighted by atomic mass is 9.37. The molecule has 0 saturated heterocycles. The van der Waals surface area contributed by atoms with Crippen molar-refractivity contribution in [1.82, 2.24) is 0 Å². The predicted molar refractivity (Wildman–Crippen MR) is 133 cm³/mol. The quantitative estimate of drug-likeness (QED) is 0.463. The molecule has 0 amide bonds. The molecule has 4 rings (SSSR count). The molecule has 4 saturated carbocycles. The van der Waals surface area contributed by atoms with E-state index in [1.807, 2.05) is 0 Å². The van der Waals surface area contributed by atoms with Crippen molar-refractivity contribution in [2.75, 3.05) is 0 Å². The third kappa shape index (κ3) is 3.49. The molecule has 4 aliphatic carbocycles. The van der Waals surface area contributed by atoms with Gasteiger partial charge in [0.05, 0.1) is 6.10 Å². The van der Waals surface area contributed by atoms with Crippen molar-refractivity contribution in [2.45, 2.75) is 132 Å². The maximum absolute atomic E-state index is 11.4. The molecular weight excluding hydrogens is 376 g/mol. The highest BCUT2D eigenvalue weighted by Crippen LogP contribution is 2.74. The standard InChI is InChI=1S/C30H54O/c1-20(2)10-9-11-21(3)22-14-18-29(7)23-12-13-25-27(4,5)17-16-26(31)30(25,8)24(23)15-19-28(22,29)6/h20-26,31H,9-19H2,1-8H3/t21-,22-,23?,24?,25+,26?,28-,29+,30-/m1/s1. The highest BCUT2D eigenvalue weighted by Gasteiger charge is 2.68. The molecule has 1 N–H and O–H groups in total. The van der Waals surface area contributed by atoms with Crippen LogP contribution < -0.4 is 0 Å². The van der Waals surface area contributed by atoms with Gasteiger partial charge in [-0.3, -0.25) is 0 Å². The molecule has 4 fully saturated rings. The molecule has 0 heterocycles. The van der Waals surface area contributed by atoms with Crippen molar-refractivity contribution >= 4 is 0 Å². The van der Waals surface area contributed by atoms with Crippen LogP contribution in [0.5, 0.6) is 0 Å². The van der Waals surface area contributed by atoms with E-state index in [9.17, 15) is 5.11 Å². The summed E-state index contributed by atoms with van der Waals surface area (Å²) in [5.41, 5.74) is 1.51. The fourth-order valence-electron chi connectivity index (χ4n) is 10.5. The summed E-state index contributed by atoms with van der Waals surface area (Å²) in [4.78, 5) is 0. The van der Waals surface area contributed by atoms with Crippen LogP contribution in [0.4, 0.5) is 0 Å². The molecule has 0 aromatic carbocycles. The monoisotopic (exact) mass is 430 g/mol. The molecule has 0 aromatic heterocycles. The zero-order valence-corrected chi connectivity index (χ0v) is 22.3. The summed E-state index contributed by atoms with van der Waals surface area (Å²) in [6.45, 7) is 20.3. The molecule has 180 valence electrons. The molecule has 0 aliphatic heterocycles. The van der Waals surface area contributed by atoms with Crippen LogP contribution in [0.1, 0.15) is 126 Å². The Morgan fingerprint density at radius 3 is 2.10 bits per heavy atom.